The van der Waals surface area contributed by atoms with E-state index in [4.69, 9.17) is 5.73 Å². The van der Waals surface area contributed by atoms with E-state index >= 15 is 0 Å². The van der Waals surface area contributed by atoms with Crippen LogP contribution in [-0.4, -0.2) is 41.9 Å². The average Bonchev–Trinajstić information content (AvgIpc) is 2.53. The summed E-state index contributed by atoms with van der Waals surface area (Å²) in [6.07, 6.45) is 7.63. The number of rotatable bonds is 4. The maximum atomic E-state index is 11.9. The number of carbonyl (C=O) groups excluding carboxylic acids is 1. The molecule has 1 fully saturated rings. The summed E-state index contributed by atoms with van der Waals surface area (Å²) in [6.45, 7) is 1.82. The van der Waals surface area contributed by atoms with Gasteiger partial charge in [0.15, 0.2) is 0 Å². The van der Waals surface area contributed by atoms with Gasteiger partial charge in [-0.3, -0.25) is 4.79 Å². The zero-order valence-electron chi connectivity index (χ0n) is 9.98. The molecule has 1 heterocycles. The summed E-state index contributed by atoms with van der Waals surface area (Å²) >= 11 is 1.75. The van der Waals surface area contributed by atoms with E-state index in [1.165, 1.54) is 12.8 Å². The molecule has 1 aliphatic heterocycles. The Morgan fingerprint density at radius 3 is 2.38 bits per heavy atom. The fourth-order valence-corrected chi connectivity index (χ4v) is 2.38. The molecule has 3 nitrogen and oxygen atoms in total. The highest BCUT2D eigenvalue weighted by Crippen LogP contribution is 2.11. The Balaban J connectivity index is 0.00000225. The molecule has 5 heteroatoms. The maximum absolute atomic E-state index is 11.9. The second-order valence-electron chi connectivity index (χ2n) is 4.13. The topological polar surface area (TPSA) is 46.3 Å². The number of nitrogens with two attached hydrogens (primary N) is 1. The first-order valence-electron chi connectivity index (χ1n) is 5.79. The van der Waals surface area contributed by atoms with Crippen molar-refractivity contribution in [3.63, 3.8) is 0 Å². The summed E-state index contributed by atoms with van der Waals surface area (Å²) in [5, 5.41) is 0. The molecule has 0 spiro atoms. The van der Waals surface area contributed by atoms with E-state index in [1.807, 2.05) is 11.2 Å². The Labute approximate surface area is 109 Å². The van der Waals surface area contributed by atoms with Crippen LogP contribution in [0.25, 0.3) is 0 Å². The third-order valence-corrected chi connectivity index (χ3v) is 3.51. The molecule has 0 bridgehead atoms. The number of thioether (sulfide) groups is 1. The van der Waals surface area contributed by atoms with Gasteiger partial charge in [0.2, 0.25) is 5.91 Å². The lowest BCUT2D eigenvalue weighted by molar-refractivity contribution is -0.132. The second-order valence-corrected chi connectivity index (χ2v) is 5.11. The molecular weight excluding hydrogens is 244 g/mol. The Hall–Kier alpha value is 0.0700. The summed E-state index contributed by atoms with van der Waals surface area (Å²) in [7, 11) is 0. The molecular formula is C11H23ClN2OS. The van der Waals surface area contributed by atoms with Gasteiger partial charge in [-0.05, 0) is 31.3 Å². The number of amides is 1. The van der Waals surface area contributed by atoms with Crippen molar-refractivity contribution in [2.75, 3.05) is 25.1 Å². The van der Waals surface area contributed by atoms with Crippen LogP contribution >= 0.6 is 24.2 Å². The average molecular weight is 267 g/mol. The minimum atomic E-state index is -0.282. The van der Waals surface area contributed by atoms with Gasteiger partial charge in [-0.15, -0.1) is 12.4 Å². The van der Waals surface area contributed by atoms with Crippen LogP contribution < -0.4 is 5.73 Å². The van der Waals surface area contributed by atoms with Crippen molar-refractivity contribution in [2.24, 2.45) is 5.73 Å². The number of carbonyl (C=O) groups is 1. The predicted octanol–water partition coefficient (Wildman–Crippen LogP) is 1.89. The first kappa shape index (κ1) is 16.1. The van der Waals surface area contributed by atoms with Crippen molar-refractivity contribution in [1.29, 1.82) is 0 Å². The van der Waals surface area contributed by atoms with E-state index in [-0.39, 0.29) is 24.4 Å². The number of hydrogen-bond donors (Lipinski definition) is 1. The van der Waals surface area contributed by atoms with Gasteiger partial charge in [0.05, 0.1) is 6.04 Å². The smallest absolute Gasteiger partial charge is 0.239 e. The highest BCUT2D eigenvalue weighted by molar-refractivity contribution is 7.98. The minimum Gasteiger partial charge on any atom is -0.341 e. The molecule has 0 radical (unpaired) electrons. The molecule has 1 unspecified atom stereocenters. The maximum Gasteiger partial charge on any atom is 0.239 e. The number of nitrogens with zero attached hydrogens (tertiary/aromatic N) is 1. The fraction of sp³-hybridized carbons (Fsp3) is 0.909. The second kappa shape index (κ2) is 9.14. The van der Waals surface area contributed by atoms with Gasteiger partial charge < -0.3 is 10.6 Å². The largest absolute Gasteiger partial charge is 0.341 e. The van der Waals surface area contributed by atoms with Crippen molar-refractivity contribution in [2.45, 2.75) is 38.1 Å². The molecule has 0 saturated carbocycles. The molecule has 0 aromatic heterocycles. The van der Waals surface area contributed by atoms with Crippen LogP contribution in [0.3, 0.4) is 0 Å². The Morgan fingerprint density at radius 1 is 1.31 bits per heavy atom. The SMILES string of the molecule is CSCCC(N)C(=O)N1CCCCCC1.Cl. The molecule has 1 aliphatic rings. The molecule has 1 atom stereocenters. The summed E-state index contributed by atoms with van der Waals surface area (Å²) in [6, 6.07) is -0.282. The van der Waals surface area contributed by atoms with Crippen LogP contribution in [0.4, 0.5) is 0 Å². The van der Waals surface area contributed by atoms with Crippen LogP contribution in [0, 0.1) is 0 Å². The highest BCUT2D eigenvalue weighted by atomic mass is 35.5. The van der Waals surface area contributed by atoms with Gasteiger partial charge in [0, 0.05) is 13.1 Å². The third-order valence-electron chi connectivity index (χ3n) is 2.87. The monoisotopic (exact) mass is 266 g/mol. The first-order chi connectivity index (χ1) is 7.25. The number of hydrogen-bond acceptors (Lipinski definition) is 3. The lowest BCUT2D eigenvalue weighted by Crippen LogP contribution is -2.44. The molecule has 2 N–H and O–H groups in total. The standard InChI is InChI=1S/C11H22N2OS.ClH/c1-15-9-6-10(12)11(14)13-7-4-2-3-5-8-13;/h10H,2-9,12H2,1H3;1H. The van der Waals surface area contributed by atoms with Gasteiger partial charge >= 0.3 is 0 Å². The van der Waals surface area contributed by atoms with E-state index in [0.29, 0.717) is 0 Å². The third kappa shape index (κ3) is 5.41. The predicted molar refractivity (Wildman–Crippen MR) is 73.3 cm³/mol. The Morgan fingerprint density at radius 2 is 1.88 bits per heavy atom. The summed E-state index contributed by atoms with van der Waals surface area (Å²) < 4.78 is 0. The number of likely N-dealkylation sites (tertiary alicyclic amines) is 1. The zero-order chi connectivity index (χ0) is 11.1. The van der Waals surface area contributed by atoms with E-state index in [2.05, 4.69) is 0 Å². The van der Waals surface area contributed by atoms with Gasteiger partial charge in [0.1, 0.15) is 0 Å². The van der Waals surface area contributed by atoms with Crippen LogP contribution in [0.1, 0.15) is 32.1 Å². The Kier molecular flexibility index (Phi) is 9.18. The first-order valence-corrected chi connectivity index (χ1v) is 7.18. The van der Waals surface area contributed by atoms with Crippen molar-refractivity contribution in [3.05, 3.63) is 0 Å². The molecule has 16 heavy (non-hydrogen) atoms. The Bertz CT molecular complexity index is 196. The van der Waals surface area contributed by atoms with Crippen LogP contribution in [-0.2, 0) is 4.79 Å². The van der Waals surface area contributed by atoms with Crippen LogP contribution in [0.2, 0.25) is 0 Å². The lowest BCUT2D eigenvalue weighted by Gasteiger charge is -2.23. The summed E-state index contributed by atoms with van der Waals surface area (Å²) in [5.74, 6) is 1.13. The summed E-state index contributed by atoms with van der Waals surface area (Å²) in [5.41, 5.74) is 5.88. The van der Waals surface area contributed by atoms with Gasteiger partial charge in [-0.1, -0.05) is 12.8 Å². The van der Waals surface area contributed by atoms with Crippen molar-refractivity contribution >= 4 is 30.1 Å². The normalized spacial score (nSPS) is 18.5. The van der Waals surface area contributed by atoms with Gasteiger partial charge in [0.25, 0.3) is 0 Å². The van der Waals surface area contributed by atoms with Crippen molar-refractivity contribution < 1.29 is 4.79 Å². The van der Waals surface area contributed by atoms with Gasteiger partial charge in [-0.25, -0.2) is 0 Å². The van der Waals surface area contributed by atoms with Crippen LogP contribution in [0.5, 0.6) is 0 Å². The molecule has 1 saturated heterocycles. The van der Waals surface area contributed by atoms with E-state index in [1.54, 1.807) is 11.8 Å². The minimum absolute atomic E-state index is 0. The molecule has 0 aliphatic carbocycles. The quantitative estimate of drug-likeness (QED) is 0.845. The van der Waals surface area contributed by atoms with E-state index in [9.17, 15) is 4.79 Å². The molecule has 1 rings (SSSR count). The highest BCUT2D eigenvalue weighted by Gasteiger charge is 2.21. The molecule has 96 valence electrons. The zero-order valence-corrected chi connectivity index (χ0v) is 11.6. The number of halogens is 1. The van der Waals surface area contributed by atoms with E-state index < -0.39 is 0 Å². The summed E-state index contributed by atoms with van der Waals surface area (Å²) in [4.78, 5) is 13.9. The van der Waals surface area contributed by atoms with Crippen molar-refractivity contribution in [3.8, 4) is 0 Å². The molecule has 0 aromatic carbocycles. The molecule has 1 amide bonds. The van der Waals surface area contributed by atoms with Crippen molar-refractivity contribution in [1.82, 2.24) is 4.90 Å². The van der Waals surface area contributed by atoms with Crippen LogP contribution in [0.15, 0.2) is 0 Å². The lowest BCUT2D eigenvalue weighted by atomic mass is 10.2. The molecule has 0 aromatic rings. The fourth-order valence-electron chi connectivity index (χ4n) is 1.89. The van der Waals surface area contributed by atoms with E-state index in [0.717, 1.165) is 38.1 Å². The van der Waals surface area contributed by atoms with Gasteiger partial charge in [-0.2, -0.15) is 11.8 Å².